The van der Waals surface area contributed by atoms with Crippen molar-refractivity contribution in [2.75, 3.05) is 20.8 Å². The summed E-state index contributed by atoms with van der Waals surface area (Å²) in [6, 6.07) is 12.0. The maximum Gasteiger partial charge on any atom is 0.338 e. The topological polar surface area (TPSA) is 84.1 Å². The first-order valence-corrected chi connectivity index (χ1v) is 14.7. The normalized spacial score (nSPS) is 15.0. The van der Waals surface area contributed by atoms with Crippen LogP contribution in [0.4, 0.5) is 0 Å². The van der Waals surface area contributed by atoms with E-state index in [1.807, 2.05) is 44.2 Å². The molecular formula is C31H29Cl2N3O5S. The molecule has 8 nitrogen and oxygen atoms in total. The molecule has 0 fully saturated rings. The fraction of sp³-hybridized carbons (Fsp3) is 0.258. The van der Waals surface area contributed by atoms with E-state index in [2.05, 4.69) is 9.56 Å². The number of carbonyl (C=O) groups excluding carboxylic acids is 1. The summed E-state index contributed by atoms with van der Waals surface area (Å²) < 4.78 is 20.4. The number of methoxy groups -OCH3 is 2. The summed E-state index contributed by atoms with van der Waals surface area (Å²) in [5.74, 6) is 0.479. The second-order valence-corrected chi connectivity index (χ2v) is 11.5. The van der Waals surface area contributed by atoms with Gasteiger partial charge < -0.3 is 18.8 Å². The molecule has 0 spiro atoms. The maximum absolute atomic E-state index is 14.1. The Kier molecular flexibility index (Phi) is 8.37. The van der Waals surface area contributed by atoms with Gasteiger partial charge in [0.05, 0.1) is 52.7 Å². The number of thiazole rings is 1. The minimum absolute atomic E-state index is 0.188. The van der Waals surface area contributed by atoms with Gasteiger partial charge in [0.25, 0.3) is 5.56 Å². The van der Waals surface area contributed by atoms with Gasteiger partial charge in [-0.15, -0.1) is 0 Å². The van der Waals surface area contributed by atoms with Gasteiger partial charge in [-0.05, 0) is 81.3 Å². The number of aromatic nitrogens is 2. The van der Waals surface area contributed by atoms with Crippen molar-refractivity contribution in [3.8, 4) is 17.2 Å². The van der Waals surface area contributed by atoms with Gasteiger partial charge in [0, 0.05) is 17.1 Å². The van der Waals surface area contributed by atoms with Crippen molar-refractivity contribution in [3.05, 3.63) is 106 Å². The molecule has 0 unspecified atom stereocenters. The van der Waals surface area contributed by atoms with Crippen molar-refractivity contribution in [3.63, 3.8) is 0 Å². The molecule has 11 heteroatoms. The van der Waals surface area contributed by atoms with E-state index in [0.717, 1.165) is 22.6 Å². The van der Waals surface area contributed by atoms with Crippen molar-refractivity contribution in [1.29, 1.82) is 0 Å². The van der Waals surface area contributed by atoms with E-state index in [4.69, 9.17) is 37.4 Å². The number of fused-ring (bicyclic) bond motifs is 1. The number of rotatable bonds is 7. The molecule has 0 saturated carbocycles. The van der Waals surface area contributed by atoms with E-state index in [1.165, 1.54) is 18.4 Å². The van der Waals surface area contributed by atoms with Crippen molar-refractivity contribution in [2.45, 2.75) is 33.7 Å². The predicted octanol–water partition coefficient (Wildman–Crippen LogP) is 5.53. The fourth-order valence-corrected chi connectivity index (χ4v) is 6.56. The highest BCUT2D eigenvalue weighted by Crippen LogP contribution is 2.36. The van der Waals surface area contributed by atoms with Crippen molar-refractivity contribution < 1.29 is 19.0 Å². The number of carbonyl (C=O) groups is 1. The van der Waals surface area contributed by atoms with Crippen LogP contribution < -0.4 is 24.4 Å². The van der Waals surface area contributed by atoms with Crippen LogP contribution in [0.1, 0.15) is 42.4 Å². The molecule has 3 heterocycles. The molecular weight excluding hydrogens is 597 g/mol. The van der Waals surface area contributed by atoms with Crippen LogP contribution in [0.2, 0.25) is 10.0 Å². The lowest BCUT2D eigenvalue weighted by Gasteiger charge is -2.25. The van der Waals surface area contributed by atoms with Crippen LogP contribution in [-0.4, -0.2) is 35.9 Å². The third-order valence-electron chi connectivity index (χ3n) is 7.16. The highest BCUT2D eigenvalue weighted by Gasteiger charge is 2.34. The molecule has 0 radical (unpaired) electrons. The summed E-state index contributed by atoms with van der Waals surface area (Å²) in [7, 11) is 3.09. The van der Waals surface area contributed by atoms with Crippen LogP contribution in [0, 0.1) is 13.8 Å². The average Bonchev–Trinajstić information content (AvgIpc) is 3.42. The Morgan fingerprint density at radius 2 is 1.76 bits per heavy atom. The molecule has 5 rings (SSSR count). The van der Waals surface area contributed by atoms with E-state index in [9.17, 15) is 9.59 Å². The second kappa shape index (κ2) is 11.8. The Morgan fingerprint density at radius 3 is 2.43 bits per heavy atom. The first-order valence-electron chi connectivity index (χ1n) is 13.2. The second-order valence-electron chi connectivity index (χ2n) is 9.68. The third-order valence-corrected chi connectivity index (χ3v) is 8.88. The SMILES string of the molecule is CCOC(=O)C1=C(C)N=c2s/c(=C/c3cc(C)n(-c4ccc(Cl)c(Cl)c4)c3C)c(=O)n2[C@@H]1c1ccc(OC)c(OC)c1. The number of hydrogen-bond donors (Lipinski definition) is 0. The first-order chi connectivity index (χ1) is 20.1. The average molecular weight is 627 g/mol. The molecule has 218 valence electrons. The monoisotopic (exact) mass is 625 g/mol. The third kappa shape index (κ3) is 5.17. The minimum Gasteiger partial charge on any atom is -0.493 e. The van der Waals surface area contributed by atoms with E-state index in [1.54, 1.807) is 43.7 Å². The van der Waals surface area contributed by atoms with E-state index < -0.39 is 12.0 Å². The van der Waals surface area contributed by atoms with Gasteiger partial charge in [-0.1, -0.05) is 40.6 Å². The molecule has 0 N–H and O–H groups in total. The molecule has 0 aliphatic carbocycles. The Labute approximate surface area is 256 Å². The van der Waals surface area contributed by atoms with E-state index in [0.29, 0.717) is 47.7 Å². The molecule has 0 saturated heterocycles. The molecule has 0 bridgehead atoms. The summed E-state index contributed by atoms with van der Waals surface area (Å²) in [4.78, 5) is 32.4. The highest BCUT2D eigenvalue weighted by molar-refractivity contribution is 7.07. The van der Waals surface area contributed by atoms with Crippen molar-refractivity contribution in [1.82, 2.24) is 9.13 Å². The fourth-order valence-electron chi connectivity index (χ4n) is 5.23. The van der Waals surface area contributed by atoms with Crippen LogP contribution in [0.25, 0.3) is 11.8 Å². The summed E-state index contributed by atoms with van der Waals surface area (Å²) in [5, 5.41) is 0.935. The van der Waals surface area contributed by atoms with Crippen LogP contribution >= 0.6 is 34.5 Å². The van der Waals surface area contributed by atoms with Crippen molar-refractivity contribution >= 4 is 46.6 Å². The van der Waals surface area contributed by atoms with Gasteiger partial charge in [0.15, 0.2) is 16.3 Å². The van der Waals surface area contributed by atoms with Gasteiger partial charge in [0.1, 0.15) is 0 Å². The van der Waals surface area contributed by atoms with Crippen molar-refractivity contribution in [2.24, 2.45) is 4.99 Å². The quantitative estimate of drug-likeness (QED) is 0.252. The first kappa shape index (κ1) is 29.7. The van der Waals surface area contributed by atoms with Gasteiger partial charge in [0.2, 0.25) is 0 Å². The lowest BCUT2D eigenvalue weighted by atomic mass is 9.95. The zero-order valence-corrected chi connectivity index (χ0v) is 26.3. The van der Waals surface area contributed by atoms with Gasteiger partial charge in [-0.3, -0.25) is 9.36 Å². The Morgan fingerprint density at radius 1 is 1.02 bits per heavy atom. The standard InChI is InChI=1S/C31H29Cl2N3O5S/c1-7-41-30(38)27-17(3)34-31-36(28(27)19-8-11-24(39-5)25(13-19)40-6)29(37)26(42-31)14-20-12-16(2)35(18(20)4)21-9-10-22(32)23(33)15-21/h8-15,28H,7H2,1-6H3/b26-14+/t28-/m1/s1. The van der Waals surface area contributed by atoms with Gasteiger partial charge in [-0.2, -0.15) is 0 Å². The molecule has 2 aromatic carbocycles. The molecule has 1 aliphatic heterocycles. The summed E-state index contributed by atoms with van der Waals surface area (Å²) in [6.45, 7) is 7.65. The zero-order valence-electron chi connectivity index (χ0n) is 24.0. The number of nitrogens with zero attached hydrogens (tertiary/aromatic N) is 3. The number of benzene rings is 2. The zero-order chi connectivity index (χ0) is 30.3. The molecule has 0 amide bonds. The van der Waals surface area contributed by atoms with Crippen LogP contribution in [0.15, 0.2) is 63.5 Å². The number of halogens is 2. The molecule has 4 aromatic rings. The summed E-state index contributed by atoms with van der Waals surface area (Å²) in [6.07, 6.45) is 1.86. The smallest absolute Gasteiger partial charge is 0.338 e. The highest BCUT2D eigenvalue weighted by atomic mass is 35.5. The Hall–Kier alpha value is -3.79. The van der Waals surface area contributed by atoms with Crippen LogP contribution in [0.5, 0.6) is 11.5 Å². The van der Waals surface area contributed by atoms with E-state index in [-0.39, 0.29) is 12.2 Å². The van der Waals surface area contributed by atoms with E-state index >= 15 is 0 Å². The number of allylic oxidation sites excluding steroid dienone is 1. The predicted molar refractivity (Wildman–Crippen MR) is 165 cm³/mol. The molecule has 2 aromatic heterocycles. The summed E-state index contributed by atoms with van der Waals surface area (Å²) in [5.41, 5.74) is 4.80. The summed E-state index contributed by atoms with van der Waals surface area (Å²) >= 11 is 13.7. The molecule has 1 atom stereocenters. The Balaban J connectivity index is 1.70. The number of aryl methyl sites for hydroxylation is 1. The maximum atomic E-state index is 14.1. The minimum atomic E-state index is -0.772. The van der Waals surface area contributed by atoms with Crippen LogP contribution in [-0.2, 0) is 9.53 Å². The number of ether oxygens (including phenoxy) is 3. The lowest BCUT2D eigenvalue weighted by molar-refractivity contribution is -0.139. The van der Waals surface area contributed by atoms with Gasteiger partial charge >= 0.3 is 5.97 Å². The molecule has 42 heavy (non-hydrogen) atoms. The van der Waals surface area contributed by atoms with Crippen LogP contribution in [0.3, 0.4) is 0 Å². The number of hydrogen-bond acceptors (Lipinski definition) is 7. The van der Waals surface area contributed by atoms with Gasteiger partial charge in [-0.25, -0.2) is 9.79 Å². The molecule has 1 aliphatic rings. The lowest BCUT2D eigenvalue weighted by Crippen LogP contribution is -2.40. The largest absolute Gasteiger partial charge is 0.493 e. The Bertz CT molecular complexity index is 1940. The number of esters is 1.